The van der Waals surface area contributed by atoms with E-state index in [1.165, 1.54) is 25.0 Å². The minimum Gasteiger partial charge on any atom is -0.492 e. The van der Waals surface area contributed by atoms with Crippen molar-refractivity contribution in [3.63, 3.8) is 0 Å². The summed E-state index contributed by atoms with van der Waals surface area (Å²) >= 11 is 0. The minimum atomic E-state index is -0.498. The van der Waals surface area contributed by atoms with Gasteiger partial charge in [0.2, 0.25) is 0 Å². The second kappa shape index (κ2) is 7.58. The van der Waals surface area contributed by atoms with Gasteiger partial charge in [0.05, 0.1) is 5.56 Å². The van der Waals surface area contributed by atoms with Crippen LogP contribution in [-0.2, 0) is 0 Å². The Kier molecular flexibility index (Phi) is 5.26. The highest BCUT2D eigenvalue weighted by atomic mass is 19.1. The van der Waals surface area contributed by atoms with Crippen LogP contribution in [-0.4, -0.2) is 36.4 Å². The van der Waals surface area contributed by atoms with Gasteiger partial charge in [-0.05, 0) is 62.7 Å². The van der Waals surface area contributed by atoms with E-state index in [4.69, 9.17) is 4.74 Å². The molecule has 0 radical (unpaired) electrons. The van der Waals surface area contributed by atoms with E-state index < -0.39 is 5.82 Å². The molecule has 1 heterocycles. The highest BCUT2D eigenvalue weighted by molar-refractivity contribution is 6.09. The van der Waals surface area contributed by atoms with Crippen molar-refractivity contribution in [2.75, 3.05) is 19.7 Å². The Morgan fingerprint density at radius 3 is 2.62 bits per heavy atom. The number of halogens is 1. The van der Waals surface area contributed by atoms with Crippen LogP contribution in [0.15, 0.2) is 48.5 Å². The third-order valence-electron chi connectivity index (χ3n) is 4.57. The molecule has 0 bridgehead atoms. The maximum atomic E-state index is 13.7. The second-order valence-electron chi connectivity index (χ2n) is 6.21. The van der Waals surface area contributed by atoms with Crippen LogP contribution in [0.25, 0.3) is 0 Å². The summed E-state index contributed by atoms with van der Waals surface area (Å²) in [5.74, 6) is -0.0833. The first-order valence-electron chi connectivity index (χ1n) is 8.41. The summed E-state index contributed by atoms with van der Waals surface area (Å²) < 4.78 is 19.5. The lowest BCUT2D eigenvalue weighted by atomic mass is 10.0. The first-order chi connectivity index (χ1) is 11.6. The Balaban J connectivity index is 1.57. The van der Waals surface area contributed by atoms with Crippen LogP contribution in [0.4, 0.5) is 4.39 Å². The largest absolute Gasteiger partial charge is 0.492 e. The monoisotopic (exact) mass is 327 g/mol. The number of hydrogen-bond donors (Lipinski definition) is 0. The lowest BCUT2D eigenvalue weighted by molar-refractivity contribution is 0.103. The number of nitrogens with zero attached hydrogens (tertiary/aromatic N) is 1. The molecule has 2 aromatic rings. The van der Waals surface area contributed by atoms with Gasteiger partial charge in [-0.25, -0.2) is 4.39 Å². The normalized spacial score (nSPS) is 17.8. The maximum Gasteiger partial charge on any atom is 0.195 e. The van der Waals surface area contributed by atoms with Gasteiger partial charge in [-0.15, -0.1) is 0 Å². The molecule has 0 aromatic heterocycles. The first-order valence-corrected chi connectivity index (χ1v) is 8.41. The van der Waals surface area contributed by atoms with Crippen LogP contribution in [0.5, 0.6) is 5.75 Å². The molecule has 3 rings (SSSR count). The highest BCUT2D eigenvalue weighted by Gasteiger charge is 2.19. The zero-order valence-corrected chi connectivity index (χ0v) is 13.9. The molecule has 1 saturated heterocycles. The summed E-state index contributed by atoms with van der Waals surface area (Å²) in [7, 11) is 0. The number of hydrogen-bond acceptors (Lipinski definition) is 3. The van der Waals surface area contributed by atoms with Gasteiger partial charge in [-0.1, -0.05) is 12.1 Å². The fourth-order valence-corrected chi connectivity index (χ4v) is 3.11. The van der Waals surface area contributed by atoms with Gasteiger partial charge in [0.15, 0.2) is 5.78 Å². The van der Waals surface area contributed by atoms with E-state index in [9.17, 15) is 9.18 Å². The van der Waals surface area contributed by atoms with Crippen molar-refractivity contribution in [3.8, 4) is 5.75 Å². The molecule has 0 N–H and O–H groups in total. The van der Waals surface area contributed by atoms with Crippen molar-refractivity contribution in [2.24, 2.45) is 0 Å². The zero-order valence-electron chi connectivity index (χ0n) is 13.9. The molecular formula is C20H22FNO2. The zero-order chi connectivity index (χ0) is 16.9. The van der Waals surface area contributed by atoms with E-state index >= 15 is 0 Å². The summed E-state index contributed by atoms with van der Waals surface area (Å²) in [5, 5.41) is 0. The molecule has 24 heavy (non-hydrogen) atoms. The van der Waals surface area contributed by atoms with Crippen LogP contribution in [0.2, 0.25) is 0 Å². The number of likely N-dealkylation sites (tertiary alicyclic amines) is 1. The first kappa shape index (κ1) is 16.7. The van der Waals surface area contributed by atoms with Crippen molar-refractivity contribution in [3.05, 3.63) is 65.5 Å². The van der Waals surface area contributed by atoms with Crippen LogP contribution in [0, 0.1) is 5.82 Å². The molecule has 0 aliphatic carbocycles. The molecular weight excluding hydrogens is 305 g/mol. The molecule has 0 spiro atoms. The average Bonchev–Trinajstić information content (AvgIpc) is 3.00. The fourth-order valence-electron chi connectivity index (χ4n) is 3.11. The Bertz CT molecular complexity index is 699. The third-order valence-corrected chi connectivity index (χ3v) is 4.57. The summed E-state index contributed by atoms with van der Waals surface area (Å²) in [4.78, 5) is 14.7. The van der Waals surface area contributed by atoms with Gasteiger partial charge in [0.25, 0.3) is 0 Å². The molecule has 2 aromatic carbocycles. The number of carbonyl (C=O) groups excluding carboxylic acids is 1. The quantitative estimate of drug-likeness (QED) is 0.753. The van der Waals surface area contributed by atoms with E-state index in [1.54, 1.807) is 36.4 Å². The van der Waals surface area contributed by atoms with Crippen LogP contribution in [0.3, 0.4) is 0 Å². The molecule has 1 fully saturated rings. The minimum absolute atomic E-state index is 0.0918. The van der Waals surface area contributed by atoms with Crippen molar-refractivity contribution in [1.82, 2.24) is 4.90 Å². The van der Waals surface area contributed by atoms with E-state index in [2.05, 4.69) is 11.8 Å². The van der Waals surface area contributed by atoms with E-state index in [1.807, 2.05) is 0 Å². The van der Waals surface area contributed by atoms with Crippen molar-refractivity contribution in [2.45, 2.75) is 25.8 Å². The van der Waals surface area contributed by atoms with Crippen LogP contribution < -0.4 is 4.74 Å². The summed E-state index contributed by atoms with van der Waals surface area (Å²) in [6.45, 7) is 4.93. The summed E-state index contributed by atoms with van der Waals surface area (Å²) in [5.41, 5.74) is 0.551. The molecule has 4 heteroatoms. The predicted molar refractivity (Wildman–Crippen MR) is 92.0 cm³/mol. The Morgan fingerprint density at radius 1 is 1.21 bits per heavy atom. The summed E-state index contributed by atoms with van der Waals surface area (Å²) in [6.07, 6.45) is 2.51. The number of ketones is 1. The van der Waals surface area contributed by atoms with Crippen LogP contribution >= 0.6 is 0 Å². The third kappa shape index (κ3) is 3.82. The number of carbonyl (C=O) groups is 1. The smallest absolute Gasteiger partial charge is 0.195 e. The lowest BCUT2D eigenvalue weighted by Gasteiger charge is -2.20. The molecule has 0 saturated carbocycles. The van der Waals surface area contributed by atoms with E-state index in [0.29, 0.717) is 18.2 Å². The van der Waals surface area contributed by atoms with Crippen LogP contribution in [0.1, 0.15) is 35.7 Å². The molecule has 1 aliphatic rings. The molecule has 126 valence electrons. The van der Waals surface area contributed by atoms with Gasteiger partial charge in [0, 0.05) is 18.2 Å². The second-order valence-corrected chi connectivity index (χ2v) is 6.21. The number of ether oxygens (including phenoxy) is 1. The Hall–Kier alpha value is -2.20. The highest BCUT2D eigenvalue weighted by Crippen LogP contribution is 2.18. The van der Waals surface area contributed by atoms with Gasteiger partial charge >= 0.3 is 0 Å². The van der Waals surface area contributed by atoms with Crippen molar-refractivity contribution < 1.29 is 13.9 Å². The molecule has 1 atom stereocenters. The number of benzene rings is 2. The van der Waals surface area contributed by atoms with Crippen molar-refractivity contribution in [1.29, 1.82) is 0 Å². The van der Waals surface area contributed by atoms with Gasteiger partial charge in [-0.2, -0.15) is 0 Å². The van der Waals surface area contributed by atoms with E-state index in [0.717, 1.165) is 18.8 Å². The number of rotatable bonds is 6. The van der Waals surface area contributed by atoms with Gasteiger partial charge in [0.1, 0.15) is 18.2 Å². The molecule has 3 nitrogen and oxygen atoms in total. The van der Waals surface area contributed by atoms with Gasteiger partial charge in [-0.3, -0.25) is 9.69 Å². The Morgan fingerprint density at radius 2 is 1.96 bits per heavy atom. The van der Waals surface area contributed by atoms with E-state index in [-0.39, 0.29) is 11.3 Å². The molecule has 0 amide bonds. The maximum absolute atomic E-state index is 13.7. The molecule has 0 unspecified atom stereocenters. The van der Waals surface area contributed by atoms with Crippen molar-refractivity contribution >= 4 is 5.78 Å². The fraction of sp³-hybridized carbons (Fsp3) is 0.350. The predicted octanol–water partition coefficient (Wildman–Crippen LogP) is 3.92. The standard InChI is InChI=1S/C20H22FNO2/c1-15-5-4-12-22(15)13-14-24-17-10-8-16(9-11-17)20(23)18-6-2-3-7-19(18)21/h2-3,6-11,15H,4-5,12-14H2,1H3/t15-/m1/s1. The van der Waals surface area contributed by atoms with Gasteiger partial charge < -0.3 is 4.74 Å². The summed E-state index contributed by atoms with van der Waals surface area (Å²) in [6, 6.07) is 13.6. The average molecular weight is 327 g/mol. The lowest BCUT2D eigenvalue weighted by Crippen LogP contribution is -2.31. The SMILES string of the molecule is C[C@@H]1CCCN1CCOc1ccc(C(=O)c2ccccc2F)cc1. The topological polar surface area (TPSA) is 29.5 Å². The Labute approximate surface area is 142 Å². The molecule has 1 aliphatic heterocycles.